The maximum atomic E-state index is 9.53. The highest BCUT2D eigenvalue weighted by atomic mass is 79.9. The molecular formula is C13H20BrNO2S. The predicted octanol–water partition coefficient (Wildman–Crippen LogP) is 3.25. The van der Waals surface area contributed by atoms with E-state index in [0.717, 1.165) is 29.0 Å². The Labute approximate surface area is 121 Å². The molecular weight excluding hydrogens is 314 g/mol. The van der Waals surface area contributed by atoms with E-state index in [4.69, 9.17) is 4.74 Å². The number of methoxy groups -OCH3 is 1. The SMILES string of the molecule is COc1sc(CN2CCCC2CC(C)O)cc1Br. The van der Waals surface area contributed by atoms with Gasteiger partial charge in [-0.2, -0.15) is 0 Å². The van der Waals surface area contributed by atoms with E-state index in [-0.39, 0.29) is 6.10 Å². The Morgan fingerprint density at radius 2 is 2.44 bits per heavy atom. The van der Waals surface area contributed by atoms with E-state index in [1.54, 1.807) is 18.4 Å². The van der Waals surface area contributed by atoms with Crippen LogP contribution in [0.5, 0.6) is 5.06 Å². The molecule has 1 aromatic rings. The highest BCUT2D eigenvalue weighted by Gasteiger charge is 2.26. The van der Waals surface area contributed by atoms with Crippen LogP contribution in [0.1, 0.15) is 31.1 Å². The van der Waals surface area contributed by atoms with Gasteiger partial charge in [-0.3, -0.25) is 4.90 Å². The molecule has 0 aliphatic carbocycles. The largest absolute Gasteiger partial charge is 0.486 e. The summed E-state index contributed by atoms with van der Waals surface area (Å²) in [6.07, 6.45) is 3.11. The van der Waals surface area contributed by atoms with Crippen LogP contribution in [0.15, 0.2) is 10.5 Å². The zero-order chi connectivity index (χ0) is 13.1. The van der Waals surface area contributed by atoms with Crippen LogP contribution in [0.2, 0.25) is 0 Å². The third-order valence-corrected chi connectivity index (χ3v) is 5.30. The molecule has 1 aliphatic rings. The first kappa shape index (κ1) is 14.3. The number of aliphatic hydroxyl groups excluding tert-OH is 1. The van der Waals surface area contributed by atoms with Crippen molar-refractivity contribution in [1.29, 1.82) is 0 Å². The Bertz CT molecular complexity index is 394. The lowest BCUT2D eigenvalue weighted by Gasteiger charge is -2.24. The summed E-state index contributed by atoms with van der Waals surface area (Å²) in [5.74, 6) is 0. The molecule has 2 atom stereocenters. The van der Waals surface area contributed by atoms with E-state index in [1.807, 2.05) is 6.92 Å². The Morgan fingerprint density at radius 1 is 1.67 bits per heavy atom. The number of halogens is 1. The molecule has 0 saturated carbocycles. The topological polar surface area (TPSA) is 32.7 Å². The third-order valence-electron chi connectivity index (χ3n) is 3.36. The molecule has 0 aromatic carbocycles. The van der Waals surface area contributed by atoms with Gasteiger partial charge in [0.05, 0.1) is 17.7 Å². The fraction of sp³-hybridized carbons (Fsp3) is 0.692. The van der Waals surface area contributed by atoms with E-state index >= 15 is 0 Å². The van der Waals surface area contributed by atoms with Crippen molar-refractivity contribution in [2.75, 3.05) is 13.7 Å². The van der Waals surface area contributed by atoms with Crippen molar-refractivity contribution in [2.45, 2.75) is 44.9 Å². The molecule has 0 spiro atoms. The molecule has 1 aromatic heterocycles. The van der Waals surface area contributed by atoms with Crippen molar-refractivity contribution >= 4 is 27.3 Å². The highest BCUT2D eigenvalue weighted by Crippen LogP contribution is 2.36. The van der Waals surface area contributed by atoms with Crippen LogP contribution in [0.3, 0.4) is 0 Å². The first-order chi connectivity index (χ1) is 8.60. The van der Waals surface area contributed by atoms with Crippen LogP contribution in [0.4, 0.5) is 0 Å². The molecule has 0 amide bonds. The van der Waals surface area contributed by atoms with Crippen LogP contribution in [-0.2, 0) is 6.54 Å². The van der Waals surface area contributed by atoms with E-state index in [1.165, 1.54) is 17.7 Å². The van der Waals surface area contributed by atoms with Gasteiger partial charge in [0.25, 0.3) is 0 Å². The van der Waals surface area contributed by atoms with Crippen LogP contribution in [0, 0.1) is 0 Å². The van der Waals surface area contributed by atoms with E-state index in [9.17, 15) is 5.11 Å². The summed E-state index contributed by atoms with van der Waals surface area (Å²) < 4.78 is 6.33. The van der Waals surface area contributed by atoms with Gasteiger partial charge >= 0.3 is 0 Å². The zero-order valence-electron chi connectivity index (χ0n) is 10.9. The summed E-state index contributed by atoms with van der Waals surface area (Å²) in [4.78, 5) is 3.79. The van der Waals surface area contributed by atoms with Gasteiger partial charge in [-0.15, -0.1) is 11.3 Å². The molecule has 1 fully saturated rings. The predicted molar refractivity (Wildman–Crippen MR) is 78.3 cm³/mol. The molecule has 102 valence electrons. The van der Waals surface area contributed by atoms with Gasteiger partial charge in [0, 0.05) is 17.5 Å². The Balaban J connectivity index is 1.99. The molecule has 1 N–H and O–H groups in total. The first-order valence-electron chi connectivity index (χ1n) is 6.34. The maximum absolute atomic E-state index is 9.53. The summed E-state index contributed by atoms with van der Waals surface area (Å²) in [6.45, 7) is 3.97. The van der Waals surface area contributed by atoms with Gasteiger partial charge in [0.2, 0.25) is 0 Å². The minimum atomic E-state index is -0.208. The Morgan fingerprint density at radius 3 is 3.06 bits per heavy atom. The van der Waals surface area contributed by atoms with Crippen LogP contribution in [0.25, 0.3) is 0 Å². The second-order valence-electron chi connectivity index (χ2n) is 4.90. The number of nitrogens with zero attached hydrogens (tertiary/aromatic N) is 1. The number of aliphatic hydroxyl groups is 1. The molecule has 2 unspecified atom stereocenters. The lowest BCUT2D eigenvalue weighted by molar-refractivity contribution is 0.131. The highest BCUT2D eigenvalue weighted by molar-refractivity contribution is 9.10. The number of hydrogen-bond acceptors (Lipinski definition) is 4. The molecule has 0 radical (unpaired) electrons. The zero-order valence-corrected chi connectivity index (χ0v) is 13.3. The molecule has 1 saturated heterocycles. The molecule has 2 heterocycles. The van der Waals surface area contributed by atoms with Gasteiger partial charge in [0.15, 0.2) is 5.06 Å². The van der Waals surface area contributed by atoms with Gasteiger partial charge < -0.3 is 9.84 Å². The number of rotatable bonds is 5. The summed E-state index contributed by atoms with van der Waals surface area (Å²) >= 11 is 5.20. The number of ether oxygens (including phenoxy) is 1. The van der Waals surface area contributed by atoms with Gasteiger partial charge in [-0.05, 0) is 54.7 Å². The number of hydrogen-bond donors (Lipinski definition) is 1. The average molecular weight is 334 g/mol. The second kappa shape index (κ2) is 6.37. The van der Waals surface area contributed by atoms with E-state index in [2.05, 4.69) is 26.9 Å². The van der Waals surface area contributed by atoms with Crippen molar-refractivity contribution in [3.8, 4) is 5.06 Å². The second-order valence-corrected chi connectivity index (χ2v) is 6.86. The summed E-state index contributed by atoms with van der Waals surface area (Å²) in [6, 6.07) is 2.67. The molecule has 0 bridgehead atoms. The summed E-state index contributed by atoms with van der Waals surface area (Å²) in [5, 5.41) is 10.5. The normalized spacial score (nSPS) is 22.3. The van der Waals surface area contributed by atoms with Crippen LogP contribution in [-0.4, -0.2) is 35.8 Å². The van der Waals surface area contributed by atoms with E-state index in [0.29, 0.717) is 6.04 Å². The molecule has 1 aliphatic heterocycles. The summed E-state index contributed by atoms with van der Waals surface area (Å²) in [5.41, 5.74) is 0. The first-order valence-corrected chi connectivity index (χ1v) is 7.95. The van der Waals surface area contributed by atoms with Gasteiger partial charge in [-0.1, -0.05) is 0 Å². The van der Waals surface area contributed by atoms with Crippen molar-refractivity contribution in [2.24, 2.45) is 0 Å². The van der Waals surface area contributed by atoms with Crippen LogP contribution < -0.4 is 4.74 Å². The lowest BCUT2D eigenvalue weighted by atomic mass is 10.1. The molecule has 18 heavy (non-hydrogen) atoms. The fourth-order valence-corrected chi connectivity index (χ4v) is 4.30. The van der Waals surface area contributed by atoms with Crippen LogP contribution >= 0.6 is 27.3 Å². The van der Waals surface area contributed by atoms with Crippen molar-refractivity contribution in [1.82, 2.24) is 4.90 Å². The minimum Gasteiger partial charge on any atom is -0.486 e. The van der Waals surface area contributed by atoms with Crippen molar-refractivity contribution in [3.05, 3.63) is 15.4 Å². The number of likely N-dealkylation sites (tertiary alicyclic amines) is 1. The Kier molecular flexibility index (Phi) is 5.06. The quantitative estimate of drug-likeness (QED) is 0.897. The van der Waals surface area contributed by atoms with Gasteiger partial charge in [0.1, 0.15) is 0 Å². The standard InChI is InChI=1S/C13H20BrNO2S/c1-9(16)6-10-4-3-5-15(10)8-11-7-12(14)13(17-2)18-11/h7,9-10,16H,3-6,8H2,1-2H3. The fourth-order valence-electron chi connectivity index (χ4n) is 2.58. The summed E-state index contributed by atoms with van der Waals surface area (Å²) in [7, 11) is 1.70. The molecule has 5 heteroatoms. The van der Waals surface area contributed by atoms with E-state index < -0.39 is 0 Å². The third kappa shape index (κ3) is 3.47. The average Bonchev–Trinajstić information content (AvgIpc) is 2.86. The smallest absolute Gasteiger partial charge is 0.188 e. The van der Waals surface area contributed by atoms with Crippen molar-refractivity contribution in [3.63, 3.8) is 0 Å². The lowest BCUT2D eigenvalue weighted by Crippen LogP contribution is -2.31. The maximum Gasteiger partial charge on any atom is 0.188 e. The number of thiophene rings is 1. The molecule has 3 nitrogen and oxygen atoms in total. The Hall–Kier alpha value is -0.100. The monoisotopic (exact) mass is 333 g/mol. The van der Waals surface area contributed by atoms with Gasteiger partial charge in [-0.25, -0.2) is 0 Å². The molecule has 2 rings (SSSR count). The minimum absolute atomic E-state index is 0.208. The van der Waals surface area contributed by atoms with Crippen molar-refractivity contribution < 1.29 is 9.84 Å².